The molecule has 0 unspecified atom stereocenters. The van der Waals surface area contributed by atoms with E-state index in [-0.39, 0.29) is 10.6 Å². The zero-order valence-electron chi connectivity index (χ0n) is 9.64. The minimum absolute atomic E-state index is 0.261. The number of rotatable bonds is 4. The van der Waals surface area contributed by atoms with E-state index in [9.17, 15) is 10.1 Å². The van der Waals surface area contributed by atoms with Gasteiger partial charge in [0.05, 0.1) is 4.92 Å². The van der Waals surface area contributed by atoms with Crippen LogP contribution in [0, 0.1) is 10.1 Å². The highest BCUT2D eigenvalue weighted by Crippen LogP contribution is 2.21. The molecule has 0 spiro atoms. The number of aromatic nitrogens is 1. The predicted molar refractivity (Wildman–Crippen MR) is 68.2 cm³/mol. The van der Waals surface area contributed by atoms with E-state index in [1.807, 2.05) is 37.4 Å². The average molecular weight is 230 g/mol. The molecule has 1 N–H and O–H groups in total. The van der Waals surface area contributed by atoms with Crippen LogP contribution in [0.15, 0.2) is 36.2 Å². The van der Waals surface area contributed by atoms with Gasteiger partial charge in [-0.15, -0.1) is 0 Å². The van der Waals surface area contributed by atoms with Crippen LogP contribution in [0.4, 0.5) is 0 Å². The Kier molecular flexibility index (Phi) is 3.23. The molecule has 0 radical (unpaired) electrons. The largest absolute Gasteiger partial charge is 0.361 e. The maximum absolute atomic E-state index is 10.9. The van der Waals surface area contributed by atoms with Gasteiger partial charge < -0.3 is 4.98 Å². The number of allylic oxidation sites excluding steroid dienone is 1. The third-order valence-electron chi connectivity index (χ3n) is 2.68. The zero-order chi connectivity index (χ0) is 12.3. The minimum Gasteiger partial charge on any atom is -0.361 e. The molecule has 2 aromatic rings. The number of fused-ring (bicyclic) bond motifs is 1. The van der Waals surface area contributed by atoms with Crippen LogP contribution in [0.3, 0.4) is 0 Å². The Balaban J connectivity index is 2.45. The predicted octanol–water partition coefficient (Wildman–Crippen LogP) is 3.59. The summed E-state index contributed by atoms with van der Waals surface area (Å²) >= 11 is 0. The number of nitrogens with one attached hydrogen (secondary N) is 1. The van der Waals surface area contributed by atoms with Crippen molar-refractivity contribution in [2.45, 2.75) is 19.8 Å². The molecule has 1 aromatic carbocycles. The molecule has 0 atom stereocenters. The van der Waals surface area contributed by atoms with Gasteiger partial charge in [0, 0.05) is 35.2 Å². The molecule has 4 heteroatoms. The summed E-state index contributed by atoms with van der Waals surface area (Å²) in [6.07, 6.45) is 4.73. The topological polar surface area (TPSA) is 58.9 Å². The Bertz CT molecular complexity index is 570. The van der Waals surface area contributed by atoms with E-state index >= 15 is 0 Å². The normalized spacial score (nSPS) is 11.9. The Hall–Kier alpha value is -2.10. The van der Waals surface area contributed by atoms with Crippen LogP contribution in [0.5, 0.6) is 0 Å². The van der Waals surface area contributed by atoms with Crippen molar-refractivity contribution in [3.63, 3.8) is 0 Å². The van der Waals surface area contributed by atoms with Crippen molar-refractivity contribution in [3.05, 3.63) is 51.8 Å². The van der Waals surface area contributed by atoms with Crippen molar-refractivity contribution >= 4 is 17.0 Å². The molecule has 17 heavy (non-hydrogen) atoms. The summed E-state index contributed by atoms with van der Waals surface area (Å²) in [6, 6.07) is 7.78. The summed E-state index contributed by atoms with van der Waals surface area (Å²) < 4.78 is 0. The van der Waals surface area contributed by atoms with Gasteiger partial charge >= 0.3 is 0 Å². The van der Waals surface area contributed by atoms with E-state index in [0.717, 1.165) is 22.9 Å². The lowest BCUT2D eigenvalue weighted by atomic mass is 10.1. The quantitative estimate of drug-likeness (QED) is 0.644. The number of para-hydroxylation sites is 1. The number of hydrogen-bond donors (Lipinski definition) is 1. The van der Waals surface area contributed by atoms with Crippen LogP contribution in [0.2, 0.25) is 0 Å². The smallest absolute Gasteiger partial charge is 0.246 e. The third-order valence-corrected chi connectivity index (χ3v) is 2.68. The molecule has 0 aliphatic carbocycles. The first-order valence-corrected chi connectivity index (χ1v) is 5.63. The molecular formula is C13H14N2O2. The first kappa shape index (κ1) is 11.4. The second-order valence-electron chi connectivity index (χ2n) is 3.93. The Morgan fingerprint density at radius 1 is 1.47 bits per heavy atom. The van der Waals surface area contributed by atoms with Crippen LogP contribution in [0.25, 0.3) is 17.0 Å². The molecule has 4 nitrogen and oxygen atoms in total. The maximum Gasteiger partial charge on any atom is 0.246 e. The van der Waals surface area contributed by atoms with Gasteiger partial charge in [-0.05, 0) is 12.5 Å². The van der Waals surface area contributed by atoms with Crippen molar-refractivity contribution in [2.24, 2.45) is 0 Å². The number of H-pyrrole nitrogens is 1. The Morgan fingerprint density at radius 3 is 2.94 bits per heavy atom. The van der Waals surface area contributed by atoms with Gasteiger partial charge in [-0.25, -0.2) is 0 Å². The van der Waals surface area contributed by atoms with Gasteiger partial charge in [-0.2, -0.15) is 0 Å². The van der Waals surface area contributed by atoms with Crippen LogP contribution in [-0.4, -0.2) is 9.91 Å². The van der Waals surface area contributed by atoms with E-state index in [0.29, 0.717) is 6.42 Å². The highest BCUT2D eigenvalue weighted by atomic mass is 16.6. The third kappa shape index (κ3) is 2.36. The van der Waals surface area contributed by atoms with Gasteiger partial charge in [0.25, 0.3) is 0 Å². The van der Waals surface area contributed by atoms with Gasteiger partial charge in [-0.1, -0.05) is 25.1 Å². The number of aromatic amines is 1. The first-order chi connectivity index (χ1) is 8.22. The molecule has 0 saturated carbocycles. The van der Waals surface area contributed by atoms with Crippen LogP contribution < -0.4 is 0 Å². The van der Waals surface area contributed by atoms with Crippen molar-refractivity contribution in [1.29, 1.82) is 0 Å². The standard InChI is InChI=1S/C13H14N2O2/c1-2-5-11(15(16)17)8-10-9-14-13-7-4-3-6-12(10)13/h3-4,6-9,14H,2,5H2,1H3. The van der Waals surface area contributed by atoms with Crippen molar-refractivity contribution in [1.82, 2.24) is 4.98 Å². The lowest BCUT2D eigenvalue weighted by Gasteiger charge is -1.96. The second-order valence-corrected chi connectivity index (χ2v) is 3.93. The molecule has 88 valence electrons. The van der Waals surface area contributed by atoms with Crippen molar-refractivity contribution in [2.75, 3.05) is 0 Å². The first-order valence-electron chi connectivity index (χ1n) is 5.63. The summed E-state index contributed by atoms with van der Waals surface area (Å²) in [5, 5.41) is 11.9. The molecule has 1 aromatic heterocycles. The number of benzene rings is 1. The van der Waals surface area contributed by atoms with E-state index in [1.165, 1.54) is 0 Å². The average Bonchev–Trinajstić information content (AvgIpc) is 2.72. The van der Waals surface area contributed by atoms with E-state index in [1.54, 1.807) is 6.08 Å². The van der Waals surface area contributed by atoms with Gasteiger partial charge in [0.1, 0.15) is 0 Å². The molecule has 1 heterocycles. The fraction of sp³-hybridized carbons (Fsp3) is 0.231. The summed E-state index contributed by atoms with van der Waals surface area (Å²) in [4.78, 5) is 13.7. The highest BCUT2D eigenvalue weighted by Gasteiger charge is 2.10. The Labute approximate surface area is 99.1 Å². The molecular weight excluding hydrogens is 216 g/mol. The molecule has 0 saturated heterocycles. The number of nitrogens with zero attached hydrogens (tertiary/aromatic N) is 1. The fourth-order valence-corrected chi connectivity index (χ4v) is 1.87. The fourth-order valence-electron chi connectivity index (χ4n) is 1.87. The number of hydrogen-bond acceptors (Lipinski definition) is 2. The summed E-state index contributed by atoms with van der Waals surface area (Å²) in [6.45, 7) is 1.94. The van der Waals surface area contributed by atoms with Crippen LogP contribution in [-0.2, 0) is 0 Å². The lowest BCUT2D eigenvalue weighted by molar-refractivity contribution is -0.426. The SMILES string of the molecule is CCCC(=Cc1c[nH]c2ccccc12)[N+](=O)[O-]. The summed E-state index contributed by atoms with van der Waals surface area (Å²) in [5.74, 6) is 0. The van der Waals surface area contributed by atoms with Gasteiger partial charge in [0.2, 0.25) is 5.70 Å². The summed E-state index contributed by atoms with van der Waals surface area (Å²) in [7, 11) is 0. The van der Waals surface area contributed by atoms with E-state index < -0.39 is 0 Å². The van der Waals surface area contributed by atoms with Gasteiger partial charge in [0.15, 0.2) is 0 Å². The monoisotopic (exact) mass is 230 g/mol. The van der Waals surface area contributed by atoms with E-state index in [4.69, 9.17) is 0 Å². The van der Waals surface area contributed by atoms with Crippen molar-refractivity contribution < 1.29 is 4.92 Å². The zero-order valence-corrected chi connectivity index (χ0v) is 9.64. The highest BCUT2D eigenvalue weighted by molar-refractivity contribution is 5.88. The van der Waals surface area contributed by atoms with Crippen molar-refractivity contribution in [3.8, 4) is 0 Å². The molecule has 0 fully saturated rings. The Morgan fingerprint density at radius 2 is 2.24 bits per heavy atom. The number of nitro groups is 1. The summed E-state index contributed by atoms with van der Waals surface area (Å²) in [5.41, 5.74) is 2.14. The van der Waals surface area contributed by atoms with Crippen LogP contribution >= 0.6 is 0 Å². The minimum atomic E-state index is -0.300. The van der Waals surface area contributed by atoms with Crippen LogP contribution in [0.1, 0.15) is 25.3 Å². The second kappa shape index (κ2) is 4.82. The molecule has 0 amide bonds. The molecule has 0 bridgehead atoms. The van der Waals surface area contributed by atoms with E-state index in [2.05, 4.69) is 4.98 Å². The molecule has 2 rings (SSSR count). The molecule has 0 aliphatic rings. The molecule has 0 aliphatic heterocycles. The lowest BCUT2D eigenvalue weighted by Crippen LogP contribution is -1.97. The maximum atomic E-state index is 10.9. The van der Waals surface area contributed by atoms with Gasteiger partial charge in [-0.3, -0.25) is 10.1 Å².